The van der Waals surface area contributed by atoms with Crippen LogP contribution in [0.4, 0.5) is 0 Å². The van der Waals surface area contributed by atoms with Gasteiger partial charge >= 0.3 is 0 Å². The van der Waals surface area contributed by atoms with Gasteiger partial charge in [-0.25, -0.2) is 0 Å². The Hall–Kier alpha value is -1.88. The normalized spacial score (nSPS) is 16.8. The van der Waals surface area contributed by atoms with Crippen molar-refractivity contribution in [2.75, 3.05) is 32.7 Å². The molecule has 1 heterocycles. The minimum Gasteiger partial charge on any atom is -0.349 e. The third-order valence-electron chi connectivity index (χ3n) is 4.58. The van der Waals surface area contributed by atoms with Gasteiger partial charge in [-0.15, -0.1) is 0 Å². The monoisotopic (exact) mass is 345 g/mol. The second-order valence-corrected chi connectivity index (χ2v) is 7.44. The summed E-state index contributed by atoms with van der Waals surface area (Å²) in [5.41, 5.74) is 2.14. The summed E-state index contributed by atoms with van der Waals surface area (Å²) in [5, 5.41) is 2.92. The van der Waals surface area contributed by atoms with Crippen molar-refractivity contribution in [3.05, 3.63) is 35.4 Å². The Balaban J connectivity index is 1.95. The lowest BCUT2D eigenvalue weighted by atomic mass is 10.0. The van der Waals surface area contributed by atoms with E-state index in [0.717, 1.165) is 43.9 Å². The van der Waals surface area contributed by atoms with Crippen molar-refractivity contribution >= 4 is 11.8 Å². The molecule has 1 aromatic rings. The molecule has 0 bridgehead atoms. The summed E-state index contributed by atoms with van der Waals surface area (Å²) in [6.45, 7) is 12.4. The third kappa shape index (κ3) is 6.16. The molecule has 0 aliphatic carbocycles. The van der Waals surface area contributed by atoms with Gasteiger partial charge in [0.05, 0.1) is 12.5 Å². The predicted molar refractivity (Wildman–Crippen MR) is 100 cm³/mol. The highest BCUT2D eigenvalue weighted by molar-refractivity contribution is 5.79. The summed E-state index contributed by atoms with van der Waals surface area (Å²) in [7, 11) is 0. The molecule has 138 valence electrons. The summed E-state index contributed by atoms with van der Waals surface area (Å²) in [4.78, 5) is 28.6. The van der Waals surface area contributed by atoms with E-state index in [-0.39, 0.29) is 17.9 Å². The molecule has 1 aliphatic rings. The summed E-state index contributed by atoms with van der Waals surface area (Å²) >= 11 is 0. The minimum absolute atomic E-state index is 0.111. The standard InChI is InChI=1S/C20H31N3O2/c1-15(2)14-22-9-11-23(12-10-22)20(25)13-19(21-17(4)24)18-7-5-16(3)6-8-18/h5-8,15,19H,9-14H2,1-4H3,(H,21,24). The van der Waals surface area contributed by atoms with E-state index in [1.165, 1.54) is 6.92 Å². The number of benzene rings is 1. The number of carbonyl (C=O) groups is 2. The number of nitrogens with zero attached hydrogens (tertiary/aromatic N) is 2. The van der Waals surface area contributed by atoms with Crippen molar-refractivity contribution in [2.24, 2.45) is 5.92 Å². The van der Waals surface area contributed by atoms with Crippen molar-refractivity contribution < 1.29 is 9.59 Å². The number of carbonyl (C=O) groups excluding carboxylic acids is 2. The maximum absolute atomic E-state index is 12.7. The van der Waals surface area contributed by atoms with Crippen LogP contribution in [0.1, 0.15) is 44.4 Å². The summed E-state index contributed by atoms with van der Waals surface area (Å²) < 4.78 is 0. The lowest BCUT2D eigenvalue weighted by Gasteiger charge is -2.36. The van der Waals surface area contributed by atoms with Crippen molar-refractivity contribution in [3.63, 3.8) is 0 Å². The summed E-state index contributed by atoms with van der Waals surface area (Å²) in [6, 6.07) is 7.74. The molecule has 1 saturated heterocycles. The molecule has 1 atom stereocenters. The molecule has 0 aromatic heterocycles. The first-order valence-electron chi connectivity index (χ1n) is 9.19. The van der Waals surface area contributed by atoms with Crippen LogP contribution in [-0.4, -0.2) is 54.3 Å². The smallest absolute Gasteiger partial charge is 0.225 e. The highest BCUT2D eigenvalue weighted by Crippen LogP contribution is 2.19. The lowest BCUT2D eigenvalue weighted by Crippen LogP contribution is -2.50. The number of hydrogen-bond donors (Lipinski definition) is 1. The van der Waals surface area contributed by atoms with Crippen LogP contribution in [0.2, 0.25) is 0 Å². The first kappa shape index (κ1) is 19.4. The molecule has 1 unspecified atom stereocenters. The van der Waals surface area contributed by atoms with Crippen molar-refractivity contribution in [2.45, 2.75) is 40.2 Å². The van der Waals surface area contributed by atoms with E-state index in [0.29, 0.717) is 12.3 Å². The highest BCUT2D eigenvalue weighted by Gasteiger charge is 2.25. The predicted octanol–water partition coefficient (Wildman–Crippen LogP) is 2.36. The molecular formula is C20H31N3O2. The Labute approximate surface area is 151 Å². The van der Waals surface area contributed by atoms with E-state index in [2.05, 4.69) is 24.1 Å². The van der Waals surface area contributed by atoms with Gasteiger partial charge in [0.2, 0.25) is 11.8 Å². The maximum atomic E-state index is 12.7. The Morgan fingerprint density at radius 2 is 1.68 bits per heavy atom. The van der Waals surface area contributed by atoms with Crippen molar-refractivity contribution in [3.8, 4) is 0 Å². The molecule has 0 radical (unpaired) electrons. The van der Waals surface area contributed by atoms with E-state index < -0.39 is 0 Å². The van der Waals surface area contributed by atoms with Crippen molar-refractivity contribution in [1.29, 1.82) is 0 Å². The molecule has 1 aliphatic heterocycles. The van der Waals surface area contributed by atoms with Crippen molar-refractivity contribution in [1.82, 2.24) is 15.1 Å². The molecule has 1 aromatic carbocycles. The van der Waals surface area contributed by atoms with Gasteiger partial charge in [0, 0.05) is 39.6 Å². The summed E-state index contributed by atoms with van der Waals surface area (Å²) in [6.07, 6.45) is 0.312. The molecule has 2 rings (SSSR count). The minimum atomic E-state index is -0.265. The second kappa shape index (κ2) is 8.99. The molecule has 1 fully saturated rings. The number of aryl methyl sites for hydroxylation is 1. The zero-order valence-electron chi connectivity index (χ0n) is 15.9. The average molecular weight is 345 g/mol. The first-order valence-corrected chi connectivity index (χ1v) is 9.19. The van der Waals surface area contributed by atoms with Gasteiger partial charge in [0.25, 0.3) is 0 Å². The van der Waals surface area contributed by atoms with Crippen LogP contribution < -0.4 is 5.32 Å². The number of amides is 2. The van der Waals surface area contributed by atoms with E-state index in [1.54, 1.807) is 0 Å². The van der Waals surface area contributed by atoms with Gasteiger partial charge in [-0.05, 0) is 18.4 Å². The molecule has 5 heteroatoms. The molecule has 1 N–H and O–H groups in total. The molecular weight excluding hydrogens is 314 g/mol. The molecule has 2 amide bonds. The number of piperazine rings is 1. The topological polar surface area (TPSA) is 52.7 Å². The summed E-state index contributed by atoms with van der Waals surface area (Å²) in [5.74, 6) is 0.650. The van der Waals surface area contributed by atoms with Gasteiger partial charge in [-0.3, -0.25) is 14.5 Å². The molecule has 5 nitrogen and oxygen atoms in total. The Kier molecular flexibility index (Phi) is 7.00. The van der Waals surface area contributed by atoms with E-state index >= 15 is 0 Å². The number of rotatable bonds is 6. The zero-order chi connectivity index (χ0) is 18.4. The van der Waals surface area contributed by atoms with Crippen LogP contribution in [0.3, 0.4) is 0 Å². The fourth-order valence-electron chi connectivity index (χ4n) is 3.30. The third-order valence-corrected chi connectivity index (χ3v) is 4.58. The van der Waals surface area contributed by atoms with E-state index in [1.807, 2.05) is 36.1 Å². The SMILES string of the molecule is CC(=O)NC(CC(=O)N1CCN(CC(C)C)CC1)c1ccc(C)cc1. The van der Waals surface area contributed by atoms with Crippen LogP contribution in [0.5, 0.6) is 0 Å². The average Bonchev–Trinajstić information content (AvgIpc) is 2.54. The van der Waals surface area contributed by atoms with Crippen LogP contribution in [0, 0.1) is 12.8 Å². The number of hydrogen-bond acceptors (Lipinski definition) is 3. The molecule has 25 heavy (non-hydrogen) atoms. The van der Waals surface area contributed by atoms with Crippen LogP contribution >= 0.6 is 0 Å². The molecule has 0 saturated carbocycles. The highest BCUT2D eigenvalue weighted by atomic mass is 16.2. The fraction of sp³-hybridized carbons (Fsp3) is 0.600. The largest absolute Gasteiger partial charge is 0.349 e. The lowest BCUT2D eigenvalue weighted by molar-refractivity contribution is -0.133. The van der Waals surface area contributed by atoms with Gasteiger partial charge in [-0.1, -0.05) is 43.7 Å². The fourth-order valence-corrected chi connectivity index (χ4v) is 3.30. The molecule has 0 spiro atoms. The van der Waals surface area contributed by atoms with E-state index in [9.17, 15) is 9.59 Å². The van der Waals surface area contributed by atoms with Gasteiger partial charge in [0.1, 0.15) is 0 Å². The zero-order valence-corrected chi connectivity index (χ0v) is 15.9. The number of nitrogens with one attached hydrogen (secondary N) is 1. The second-order valence-electron chi connectivity index (χ2n) is 7.44. The van der Waals surface area contributed by atoms with Gasteiger partial charge in [0.15, 0.2) is 0 Å². The van der Waals surface area contributed by atoms with Crippen LogP contribution in [-0.2, 0) is 9.59 Å². The quantitative estimate of drug-likeness (QED) is 0.861. The first-order chi connectivity index (χ1) is 11.8. The Morgan fingerprint density at radius 1 is 1.08 bits per heavy atom. The van der Waals surface area contributed by atoms with Gasteiger partial charge < -0.3 is 10.2 Å². The van der Waals surface area contributed by atoms with Crippen LogP contribution in [0.15, 0.2) is 24.3 Å². The van der Waals surface area contributed by atoms with Gasteiger partial charge in [-0.2, -0.15) is 0 Å². The Morgan fingerprint density at radius 3 is 2.20 bits per heavy atom. The van der Waals surface area contributed by atoms with Crippen LogP contribution in [0.25, 0.3) is 0 Å². The maximum Gasteiger partial charge on any atom is 0.225 e. The van der Waals surface area contributed by atoms with E-state index in [4.69, 9.17) is 0 Å². The Bertz CT molecular complexity index is 575.